The molecule has 154 valence electrons. The normalized spacial score (nSPS) is 14.6. The molecule has 0 bridgehead atoms. The van der Waals surface area contributed by atoms with Crippen molar-refractivity contribution in [1.82, 2.24) is 10.2 Å². The van der Waals surface area contributed by atoms with Crippen LogP contribution >= 0.6 is 11.8 Å². The lowest BCUT2D eigenvalue weighted by Gasteiger charge is -2.34. The molecule has 29 heavy (non-hydrogen) atoms. The van der Waals surface area contributed by atoms with E-state index >= 15 is 0 Å². The molecule has 1 saturated heterocycles. The summed E-state index contributed by atoms with van der Waals surface area (Å²) >= 11 is 1.49. The van der Waals surface area contributed by atoms with Crippen LogP contribution < -0.4 is 10.2 Å². The maximum Gasteiger partial charge on any atom is 0.269 e. The zero-order valence-corrected chi connectivity index (χ0v) is 17.4. The number of likely N-dealkylation sites (N-methyl/N-ethyl adjacent to an activating group) is 1. The maximum atomic E-state index is 12.1. The van der Waals surface area contributed by atoms with Crippen LogP contribution in [-0.2, 0) is 17.1 Å². The zero-order chi connectivity index (χ0) is 20.6. The highest BCUT2D eigenvalue weighted by molar-refractivity contribution is 7.99. The number of carbonyl (C=O) groups is 1. The van der Waals surface area contributed by atoms with Gasteiger partial charge in [-0.3, -0.25) is 14.9 Å². The number of amides is 1. The van der Waals surface area contributed by atoms with Crippen molar-refractivity contribution >= 4 is 29.0 Å². The van der Waals surface area contributed by atoms with Crippen molar-refractivity contribution in [2.24, 2.45) is 0 Å². The maximum absolute atomic E-state index is 12.1. The number of piperazine rings is 1. The summed E-state index contributed by atoms with van der Waals surface area (Å²) in [6.45, 7) is 4.75. The van der Waals surface area contributed by atoms with Gasteiger partial charge in [0.15, 0.2) is 0 Å². The third-order valence-electron chi connectivity index (χ3n) is 4.94. The van der Waals surface area contributed by atoms with Gasteiger partial charge in [0.2, 0.25) is 5.91 Å². The first-order chi connectivity index (χ1) is 14.0. The Morgan fingerprint density at radius 3 is 2.28 bits per heavy atom. The first-order valence-corrected chi connectivity index (χ1v) is 10.8. The molecule has 2 aromatic rings. The molecule has 0 aromatic heterocycles. The van der Waals surface area contributed by atoms with Crippen molar-refractivity contribution in [3.63, 3.8) is 0 Å². The summed E-state index contributed by atoms with van der Waals surface area (Å²) < 4.78 is 0. The van der Waals surface area contributed by atoms with Crippen LogP contribution in [0.25, 0.3) is 0 Å². The predicted molar refractivity (Wildman–Crippen MR) is 117 cm³/mol. The van der Waals surface area contributed by atoms with Gasteiger partial charge in [-0.15, -0.1) is 11.8 Å². The van der Waals surface area contributed by atoms with Gasteiger partial charge in [0.05, 0.1) is 10.7 Å². The second kappa shape index (κ2) is 10.3. The monoisotopic (exact) mass is 414 g/mol. The van der Waals surface area contributed by atoms with E-state index in [0.717, 1.165) is 37.3 Å². The molecule has 1 fully saturated rings. The summed E-state index contributed by atoms with van der Waals surface area (Å²) in [5, 5.41) is 13.6. The van der Waals surface area contributed by atoms with Crippen LogP contribution in [-0.4, -0.2) is 54.7 Å². The van der Waals surface area contributed by atoms with Crippen LogP contribution in [0.2, 0.25) is 0 Å². The smallest absolute Gasteiger partial charge is 0.269 e. The van der Waals surface area contributed by atoms with E-state index < -0.39 is 4.92 Å². The highest BCUT2D eigenvalue weighted by Crippen LogP contribution is 2.18. The van der Waals surface area contributed by atoms with Crippen LogP contribution in [0, 0.1) is 10.1 Å². The fourth-order valence-corrected chi connectivity index (χ4v) is 3.93. The van der Waals surface area contributed by atoms with Gasteiger partial charge < -0.3 is 15.1 Å². The van der Waals surface area contributed by atoms with Crippen molar-refractivity contribution in [2.45, 2.75) is 12.3 Å². The Morgan fingerprint density at radius 1 is 1.03 bits per heavy atom. The molecule has 0 atom stereocenters. The van der Waals surface area contributed by atoms with Gasteiger partial charge in [0.1, 0.15) is 0 Å². The second-order valence-electron chi connectivity index (χ2n) is 7.15. The highest BCUT2D eigenvalue weighted by atomic mass is 32.2. The van der Waals surface area contributed by atoms with Gasteiger partial charge in [-0.05, 0) is 30.3 Å². The first-order valence-electron chi connectivity index (χ1n) is 9.61. The summed E-state index contributed by atoms with van der Waals surface area (Å²) in [6.07, 6.45) is 0. The van der Waals surface area contributed by atoms with Crippen molar-refractivity contribution in [3.05, 3.63) is 69.8 Å². The quantitative estimate of drug-likeness (QED) is 0.529. The molecule has 0 aliphatic carbocycles. The summed E-state index contributed by atoms with van der Waals surface area (Å²) in [5.41, 5.74) is 3.35. The molecule has 0 spiro atoms. The lowest BCUT2D eigenvalue weighted by atomic mass is 10.2. The standard InChI is InChI=1S/C21H26N4O3S/c1-23-10-12-24(13-11-23)19-6-2-17(3-7-19)14-22-21(26)16-29-15-18-4-8-20(9-5-18)25(27)28/h2-9H,10-16H2,1H3,(H,22,26). The number of hydrogen-bond donors (Lipinski definition) is 1. The number of non-ortho nitro benzene ring substituents is 1. The van der Waals surface area contributed by atoms with Crippen molar-refractivity contribution < 1.29 is 9.72 Å². The number of nitro benzene ring substituents is 1. The summed E-state index contributed by atoms with van der Waals surface area (Å²) in [4.78, 5) is 27.0. The van der Waals surface area contributed by atoms with Crippen LogP contribution in [0.1, 0.15) is 11.1 Å². The Hall–Kier alpha value is -2.58. The highest BCUT2D eigenvalue weighted by Gasteiger charge is 2.14. The largest absolute Gasteiger partial charge is 0.369 e. The Balaban J connectivity index is 1.37. The summed E-state index contributed by atoms with van der Waals surface area (Å²) in [5.74, 6) is 0.988. The van der Waals surface area contributed by atoms with E-state index in [-0.39, 0.29) is 11.6 Å². The molecule has 1 aliphatic rings. The van der Waals surface area contributed by atoms with Gasteiger partial charge in [0, 0.05) is 56.3 Å². The molecule has 8 heteroatoms. The number of hydrogen-bond acceptors (Lipinski definition) is 6. The van der Waals surface area contributed by atoms with E-state index in [1.807, 2.05) is 0 Å². The minimum atomic E-state index is -0.415. The lowest BCUT2D eigenvalue weighted by molar-refractivity contribution is -0.384. The molecule has 7 nitrogen and oxygen atoms in total. The van der Waals surface area contributed by atoms with E-state index in [0.29, 0.717) is 18.1 Å². The topological polar surface area (TPSA) is 78.7 Å². The Bertz CT molecular complexity index is 819. The van der Waals surface area contributed by atoms with Gasteiger partial charge in [-0.25, -0.2) is 0 Å². The van der Waals surface area contributed by atoms with Gasteiger partial charge in [0.25, 0.3) is 5.69 Å². The van der Waals surface area contributed by atoms with E-state index in [4.69, 9.17) is 0 Å². The number of nitrogens with zero attached hydrogens (tertiary/aromatic N) is 3. The minimum absolute atomic E-state index is 0.0138. The lowest BCUT2D eigenvalue weighted by Crippen LogP contribution is -2.44. The minimum Gasteiger partial charge on any atom is -0.369 e. The molecule has 0 unspecified atom stereocenters. The Labute approximate surface area is 175 Å². The average Bonchev–Trinajstić information content (AvgIpc) is 2.73. The number of carbonyl (C=O) groups excluding carboxylic acids is 1. The molecule has 0 radical (unpaired) electrons. The molecule has 2 aromatic carbocycles. The predicted octanol–water partition coefficient (Wildman–Crippen LogP) is 2.90. The molecule has 3 rings (SSSR count). The number of anilines is 1. The molecule has 1 heterocycles. The van der Waals surface area contributed by atoms with Crippen LogP contribution in [0.5, 0.6) is 0 Å². The van der Waals surface area contributed by atoms with Gasteiger partial charge >= 0.3 is 0 Å². The van der Waals surface area contributed by atoms with Crippen LogP contribution in [0.15, 0.2) is 48.5 Å². The van der Waals surface area contributed by atoms with E-state index in [2.05, 4.69) is 46.4 Å². The molecule has 0 saturated carbocycles. The van der Waals surface area contributed by atoms with Crippen LogP contribution in [0.3, 0.4) is 0 Å². The fourth-order valence-electron chi connectivity index (χ4n) is 3.12. The molecular formula is C21H26N4O3S. The Morgan fingerprint density at radius 2 is 1.66 bits per heavy atom. The first kappa shape index (κ1) is 21.1. The molecule has 1 N–H and O–H groups in total. The fraction of sp³-hybridized carbons (Fsp3) is 0.381. The third kappa shape index (κ3) is 6.47. The van der Waals surface area contributed by atoms with Gasteiger partial charge in [-0.1, -0.05) is 24.3 Å². The second-order valence-corrected chi connectivity index (χ2v) is 8.14. The number of benzene rings is 2. The molecule has 1 aliphatic heterocycles. The SMILES string of the molecule is CN1CCN(c2ccc(CNC(=O)CSCc3ccc([N+](=O)[O-])cc3)cc2)CC1. The van der Waals surface area contributed by atoms with Crippen molar-refractivity contribution in [3.8, 4) is 0 Å². The number of thioether (sulfide) groups is 1. The van der Waals surface area contributed by atoms with Crippen molar-refractivity contribution in [1.29, 1.82) is 0 Å². The summed E-state index contributed by atoms with van der Waals surface area (Å²) in [7, 11) is 2.15. The van der Waals surface area contributed by atoms with Crippen molar-refractivity contribution in [2.75, 3.05) is 43.9 Å². The molecule has 1 amide bonds. The van der Waals surface area contributed by atoms with Gasteiger partial charge in [-0.2, -0.15) is 0 Å². The number of nitro groups is 1. The number of rotatable bonds is 8. The number of nitrogens with one attached hydrogen (secondary N) is 1. The zero-order valence-electron chi connectivity index (χ0n) is 16.5. The third-order valence-corrected chi connectivity index (χ3v) is 5.95. The summed E-state index contributed by atoms with van der Waals surface area (Å²) in [6, 6.07) is 14.8. The average molecular weight is 415 g/mol. The van der Waals surface area contributed by atoms with E-state index in [1.165, 1.54) is 29.6 Å². The van der Waals surface area contributed by atoms with Crippen LogP contribution in [0.4, 0.5) is 11.4 Å². The van der Waals surface area contributed by atoms with E-state index in [1.54, 1.807) is 12.1 Å². The Kier molecular flexibility index (Phi) is 7.48. The molecular weight excluding hydrogens is 388 g/mol. The van der Waals surface area contributed by atoms with E-state index in [9.17, 15) is 14.9 Å².